The van der Waals surface area contributed by atoms with Gasteiger partial charge in [0.05, 0.1) is 36.8 Å². The number of allylic oxidation sites excluding steroid dienone is 3. The molecule has 14 nitrogen and oxygen atoms in total. The van der Waals surface area contributed by atoms with E-state index in [1.807, 2.05) is 41.2 Å². The topological polar surface area (TPSA) is 239 Å². The number of carbonyl (C=O) groups excluding carboxylic acids is 1. The zero-order valence-corrected chi connectivity index (χ0v) is 52.6. The number of ketones is 1. The minimum absolute atomic E-state index is 0.00456. The van der Waals surface area contributed by atoms with Crippen molar-refractivity contribution in [2.45, 2.75) is 217 Å². The summed E-state index contributed by atoms with van der Waals surface area (Å²) in [5, 5.41) is 95.9. The molecule has 11 N–H and O–H groups in total. The maximum Gasteiger partial charge on any atom is 0.190 e. The molecule has 1 aromatic heterocycles. The van der Waals surface area contributed by atoms with Gasteiger partial charge in [-0.05, 0) is 192 Å². The highest BCUT2D eigenvalue weighted by atomic mass is 33.1. The minimum Gasteiger partial charge on any atom is -0.396 e. The smallest absolute Gasteiger partial charge is 0.190 e. The number of aliphatic hydroxyl groups excluding tert-OH is 6. The molecule has 1 saturated heterocycles. The number of fused-ring (bicyclic) bond motifs is 15. The van der Waals surface area contributed by atoms with E-state index in [2.05, 4.69) is 54.1 Å². The number of rotatable bonds is 13. The van der Waals surface area contributed by atoms with Crippen LogP contribution in [0.2, 0.25) is 0 Å². The Morgan fingerprint density at radius 1 is 0.952 bits per heavy atom. The molecule has 7 saturated carbocycles. The Balaban J connectivity index is 1.12. The van der Waals surface area contributed by atoms with Gasteiger partial charge in [0.2, 0.25) is 0 Å². The Morgan fingerprint density at radius 3 is 2.43 bits per heavy atom. The maximum absolute atomic E-state index is 16.1. The van der Waals surface area contributed by atoms with E-state index >= 15 is 9.90 Å². The molecule has 83 heavy (non-hydrogen) atoms. The van der Waals surface area contributed by atoms with Crippen molar-refractivity contribution in [3.05, 3.63) is 52.7 Å². The summed E-state index contributed by atoms with van der Waals surface area (Å²) in [5.41, 5.74) is 9.64. The van der Waals surface area contributed by atoms with E-state index in [4.69, 9.17) is 10.7 Å². The van der Waals surface area contributed by atoms with Gasteiger partial charge in [0, 0.05) is 83.6 Å². The number of carbonyl (C=O) groups is 1. The van der Waals surface area contributed by atoms with Gasteiger partial charge in [0.15, 0.2) is 11.7 Å². The monoisotopic (exact) mass is 1180 g/mol. The number of imidazole rings is 1. The van der Waals surface area contributed by atoms with Crippen LogP contribution in [-0.4, -0.2) is 131 Å². The van der Waals surface area contributed by atoms with E-state index in [0.29, 0.717) is 49.6 Å². The molecule has 4 bridgehead atoms. The highest BCUT2D eigenvalue weighted by Gasteiger charge is 2.79. The number of hydrogen-bond donors (Lipinski definition) is 10. The number of aliphatic hydroxyl groups is 7. The molecule has 12 rings (SSSR count). The fourth-order valence-electron chi connectivity index (χ4n) is 23.0. The molecule has 462 valence electrons. The van der Waals surface area contributed by atoms with Gasteiger partial charge in [0.25, 0.3) is 0 Å². The fourth-order valence-corrected chi connectivity index (χ4v) is 27.1. The molecule has 0 unspecified atom stereocenters. The number of nitrogens with two attached hydrogens (primary N) is 1. The number of aromatic nitrogens is 2. The third-order valence-electron chi connectivity index (χ3n) is 25.5. The Kier molecular flexibility index (Phi) is 17.1. The number of aliphatic imine (C=N–C) groups is 1. The van der Waals surface area contributed by atoms with Crippen LogP contribution in [0.15, 0.2) is 57.7 Å². The van der Waals surface area contributed by atoms with Crippen molar-refractivity contribution in [3.63, 3.8) is 0 Å². The summed E-state index contributed by atoms with van der Waals surface area (Å²) in [6, 6.07) is 0.0688. The zero-order valence-electron chi connectivity index (χ0n) is 51.0. The van der Waals surface area contributed by atoms with Gasteiger partial charge in [0.1, 0.15) is 6.23 Å². The van der Waals surface area contributed by atoms with Gasteiger partial charge in [-0.2, -0.15) is 0 Å². The lowest BCUT2D eigenvalue weighted by Gasteiger charge is -2.67. The summed E-state index contributed by atoms with van der Waals surface area (Å²) in [5.74, 6) is -1.77. The van der Waals surface area contributed by atoms with Crippen LogP contribution in [0.4, 0.5) is 0 Å². The predicted molar refractivity (Wildman–Crippen MR) is 329 cm³/mol. The van der Waals surface area contributed by atoms with Crippen LogP contribution in [-0.2, 0) is 4.79 Å². The van der Waals surface area contributed by atoms with E-state index in [1.54, 1.807) is 29.7 Å². The lowest BCUT2D eigenvalue weighted by atomic mass is 9.39. The van der Waals surface area contributed by atoms with E-state index in [0.717, 1.165) is 76.4 Å². The van der Waals surface area contributed by atoms with Gasteiger partial charge in [-0.25, -0.2) is 4.98 Å². The first kappa shape index (κ1) is 61.0. The van der Waals surface area contributed by atoms with Gasteiger partial charge < -0.3 is 56.7 Å². The molecule has 1 aromatic rings. The molecule has 16 heteroatoms. The quantitative estimate of drug-likeness (QED) is 0.0292. The molecule has 0 amide bonds. The van der Waals surface area contributed by atoms with Crippen molar-refractivity contribution in [1.29, 1.82) is 0 Å². The van der Waals surface area contributed by atoms with Crippen molar-refractivity contribution < 1.29 is 40.5 Å². The van der Waals surface area contributed by atoms with E-state index in [-0.39, 0.29) is 84.4 Å². The Hall–Kier alpha value is -2.25. The molecule has 10 aliphatic carbocycles. The molecule has 0 aromatic carbocycles. The second-order valence-corrected chi connectivity index (χ2v) is 33.1. The van der Waals surface area contributed by atoms with Gasteiger partial charge in [-0.1, -0.05) is 104 Å². The first-order valence-corrected chi connectivity index (χ1v) is 35.5. The Labute approximate surface area is 503 Å². The normalized spacial score (nSPS) is 44.1. The average molecular weight is 1190 g/mol. The minimum atomic E-state index is -1.77. The van der Waals surface area contributed by atoms with Crippen LogP contribution in [0.5, 0.6) is 0 Å². The lowest BCUT2D eigenvalue weighted by molar-refractivity contribution is -0.203. The molecular weight excluding hydrogens is 1080 g/mol. The summed E-state index contributed by atoms with van der Waals surface area (Å²) in [7, 11) is 5.64. The van der Waals surface area contributed by atoms with Crippen LogP contribution in [0, 0.1) is 92.7 Å². The van der Waals surface area contributed by atoms with Crippen LogP contribution < -0.4 is 16.4 Å². The molecular formula is C67H104N6O8S2. The standard InChI is InChI=1S/C67H104N6O8S2/c1-38(2)13-10-22-64-32-51(78)59(79)47(34-69-6)57(64)50(77)28-49-55(64)41(33-71-61(68)72-39(3)76)30-65(36-75)48-29-52(67(49,65)81)66(23-11-15-42(66)18-26-74)83-82-35-43(73-25-24-70-37-73)31-62(4,5)58-45-17-12-21-63(19-7-8-20-63)56(45)44-16-9-14-40-27-46(48)60(80)54(58)53(40)44/h24-25,28,37-43,46-48,51-52,54-57,59-60,69,74-76,78-81H,7-23,26-27,29-36H2,1-6H3,(H3,68,71,72)/t39-,40-,41+,42-,43-,46+,47+,48-,51+,52+,54-,55+,56-,57+,59-,60+,64-,65+,66-,67+/m1/s1. The van der Waals surface area contributed by atoms with Crippen LogP contribution >= 0.6 is 21.6 Å². The number of hydrogen-bond acceptors (Lipinski definition) is 13. The van der Waals surface area contributed by atoms with Crippen molar-refractivity contribution in [1.82, 2.24) is 20.2 Å². The van der Waals surface area contributed by atoms with Gasteiger partial charge >= 0.3 is 0 Å². The number of guanidine groups is 1. The highest BCUT2D eigenvalue weighted by molar-refractivity contribution is 8.77. The molecule has 2 spiro atoms. The van der Waals surface area contributed by atoms with Crippen molar-refractivity contribution in [2.24, 2.45) is 103 Å². The molecule has 2 heterocycles. The van der Waals surface area contributed by atoms with Gasteiger partial charge in [-0.15, -0.1) is 0 Å². The van der Waals surface area contributed by atoms with Crippen LogP contribution in [0.3, 0.4) is 0 Å². The van der Waals surface area contributed by atoms with Crippen molar-refractivity contribution in [3.8, 4) is 0 Å². The zero-order chi connectivity index (χ0) is 58.6. The van der Waals surface area contributed by atoms with Gasteiger partial charge in [-0.3, -0.25) is 9.79 Å². The SMILES string of the molecule is CNC[C@@H]1[C@@H](O)[C@@H](O)C[C@]2(CCCC(C)C)[C@@H]3C(=CC(=O)[C@H]12)[C@]1(O)[C@H]2C[C@H]([C@@H]4C[C@H]5CCCC6=C5[C@H](C(=C5CCCC7(CCCC7)[C@H]65)C(C)(C)C[C@@H](n5ccnc5)CSS[C@@]25CCC[C@@H]5CCO)[C@H]4O)[C@@]1(CO)C[C@H]3CN=C(N)N[C@@H](C)O. The van der Waals surface area contributed by atoms with Crippen molar-refractivity contribution >= 4 is 33.3 Å². The summed E-state index contributed by atoms with van der Waals surface area (Å²) < 4.78 is 1.72. The lowest BCUT2D eigenvalue weighted by Crippen LogP contribution is -2.70. The van der Waals surface area contributed by atoms with Crippen LogP contribution in [0.25, 0.3) is 0 Å². The Bertz CT molecular complexity index is 2670. The van der Waals surface area contributed by atoms with Crippen LogP contribution in [0.1, 0.15) is 182 Å². The third kappa shape index (κ3) is 9.63. The predicted octanol–water partition coefficient (Wildman–Crippen LogP) is 9.04. The number of nitrogens with zero attached hydrogens (tertiary/aromatic N) is 3. The van der Waals surface area contributed by atoms with E-state index < -0.39 is 75.3 Å². The largest absolute Gasteiger partial charge is 0.396 e. The molecule has 0 radical (unpaired) electrons. The molecule has 20 atom stereocenters. The summed E-state index contributed by atoms with van der Waals surface area (Å²) >= 11 is 0. The summed E-state index contributed by atoms with van der Waals surface area (Å²) in [4.78, 5) is 25.9. The second kappa shape index (κ2) is 23.3. The van der Waals surface area contributed by atoms with E-state index in [9.17, 15) is 30.6 Å². The third-order valence-corrected chi connectivity index (χ3v) is 29.0. The average Bonchev–Trinajstić information content (AvgIpc) is 1.80. The molecule has 8 fully saturated rings. The molecule has 11 aliphatic rings. The molecule has 1 aliphatic heterocycles. The van der Waals surface area contributed by atoms with Crippen molar-refractivity contribution in [2.75, 3.05) is 39.1 Å². The number of nitrogens with one attached hydrogen (secondary N) is 2. The summed E-state index contributed by atoms with van der Waals surface area (Å²) in [6.07, 6.45) is 23.8. The summed E-state index contributed by atoms with van der Waals surface area (Å²) in [6.45, 7) is 11.1. The van der Waals surface area contributed by atoms with E-state index in [1.165, 1.54) is 44.1 Å². The first-order chi connectivity index (χ1) is 39.8. The highest BCUT2D eigenvalue weighted by Crippen LogP contribution is 2.78. The fraction of sp³-hybridized carbons (Fsp3) is 0.836. The second-order valence-electron chi connectivity index (χ2n) is 30.4. The Morgan fingerprint density at radius 2 is 1.72 bits per heavy atom. The maximum atomic E-state index is 16.1. The first-order valence-electron chi connectivity index (χ1n) is 33.1.